The smallest absolute Gasteiger partial charge is 0.255 e. The number of rotatable bonds is 8. The second kappa shape index (κ2) is 9.43. The van der Waals surface area contributed by atoms with E-state index in [1.165, 1.54) is 0 Å². The van der Waals surface area contributed by atoms with Gasteiger partial charge in [0, 0.05) is 5.56 Å². The van der Waals surface area contributed by atoms with Crippen LogP contribution in [-0.4, -0.2) is 12.5 Å². The summed E-state index contributed by atoms with van der Waals surface area (Å²) < 4.78 is 11.4. The van der Waals surface area contributed by atoms with Crippen LogP contribution in [0.3, 0.4) is 0 Å². The molecule has 0 aromatic heterocycles. The number of nitrogens with one attached hydrogen (secondary N) is 1. The molecule has 4 heteroatoms. The minimum Gasteiger partial charge on any atom is -0.491 e. The summed E-state index contributed by atoms with van der Waals surface area (Å²) in [5.41, 5.74) is 2.33. The lowest BCUT2D eigenvalue weighted by Gasteiger charge is -2.12. The van der Waals surface area contributed by atoms with Crippen LogP contribution in [0.1, 0.15) is 29.3 Å². The number of para-hydroxylation sites is 2. The van der Waals surface area contributed by atoms with Crippen LogP contribution in [-0.2, 0) is 6.61 Å². The van der Waals surface area contributed by atoms with E-state index < -0.39 is 0 Å². The normalized spacial score (nSPS) is 10.3. The van der Waals surface area contributed by atoms with Crippen molar-refractivity contribution in [3.05, 3.63) is 90.0 Å². The van der Waals surface area contributed by atoms with Crippen molar-refractivity contribution in [2.24, 2.45) is 0 Å². The molecule has 3 aromatic carbocycles. The molecule has 0 aliphatic carbocycles. The Labute approximate surface area is 159 Å². The lowest BCUT2D eigenvalue weighted by molar-refractivity contribution is 0.102. The molecule has 0 bridgehead atoms. The molecule has 3 aromatic rings. The molecule has 1 N–H and O–H groups in total. The molecule has 0 heterocycles. The third-order valence-corrected chi connectivity index (χ3v) is 3.96. The lowest BCUT2D eigenvalue weighted by atomic mass is 10.2. The predicted octanol–water partition coefficient (Wildman–Crippen LogP) is 5.31. The Morgan fingerprint density at radius 3 is 2.30 bits per heavy atom. The van der Waals surface area contributed by atoms with E-state index in [-0.39, 0.29) is 5.91 Å². The van der Waals surface area contributed by atoms with Crippen LogP contribution in [0.5, 0.6) is 11.5 Å². The second-order valence-corrected chi connectivity index (χ2v) is 6.10. The first-order valence-corrected chi connectivity index (χ1v) is 9.06. The molecule has 0 unspecified atom stereocenters. The van der Waals surface area contributed by atoms with E-state index >= 15 is 0 Å². The van der Waals surface area contributed by atoms with Crippen LogP contribution in [0.4, 0.5) is 5.69 Å². The molecular formula is C23H23NO3. The van der Waals surface area contributed by atoms with Crippen molar-refractivity contribution in [3.8, 4) is 11.5 Å². The van der Waals surface area contributed by atoms with Crippen molar-refractivity contribution in [1.29, 1.82) is 0 Å². The maximum absolute atomic E-state index is 12.5. The first-order chi connectivity index (χ1) is 13.3. The van der Waals surface area contributed by atoms with Gasteiger partial charge in [-0.1, -0.05) is 49.4 Å². The third-order valence-electron chi connectivity index (χ3n) is 3.96. The van der Waals surface area contributed by atoms with E-state index in [4.69, 9.17) is 9.47 Å². The number of carbonyl (C=O) groups excluding carboxylic acids is 1. The Hall–Kier alpha value is -3.27. The predicted molar refractivity (Wildman–Crippen MR) is 107 cm³/mol. The number of amides is 1. The molecular weight excluding hydrogens is 338 g/mol. The van der Waals surface area contributed by atoms with Crippen molar-refractivity contribution in [1.82, 2.24) is 0 Å². The summed E-state index contributed by atoms with van der Waals surface area (Å²) in [6.07, 6.45) is 0.909. The molecule has 3 rings (SSSR count). The fourth-order valence-corrected chi connectivity index (χ4v) is 2.55. The van der Waals surface area contributed by atoms with Gasteiger partial charge in [0.2, 0.25) is 0 Å². The van der Waals surface area contributed by atoms with Crippen molar-refractivity contribution in [2.45, 2.75) is 20.0 Å². The Bertz CT molecular complexity index is 860. The van der Waals surface area contributed by atoms with Gasteiger partial charge in [0.05, 0.1) is 12.3 Å². The van der Waals surface area contributed by atoms with E-state index in [1.807, 2.05) is 61.5 Å². The minimum absolute atomic E-state index is 0.183. The average Bonchev–Trinajstić information content (AvgIpc) is 2.73. The summed E-state index contributed by atoms with van der Waals surface area (Å²) in [6, 6.07) is 24.5. The molecule has 0 aliphatic heterocycles. The van der Waals surface area contributed by atoms with Gasteiger partial charge in [-0.15, -0.1) is 0 Å². The summed E-state index contributed by atoms with van der Waals surface area (Å²) in [7, 11) is 0. The van der Waals surface area contributed by atoms with Gasteiger partial charge in [-0.25, -0.2) is 0 Å². The highest BCUT2D eigenvalue weighted by Gasteiger charge is 2.10. The molecule has 0 fully saturated rings. The van der Waals surface area contributed by atoms with Crippen LogP contribution in [0.15, 0.2) is 78.9 Å². The summed E-state index contributed by atoms with van der Waals surface area (Å²) in [5.74, 6) is 1.22. The Balaban J connectivity index is 1.61. The third kappa shape index (κ3) is 5.35. The highest BCUT2D eigenvalue weighted by atomic mass is 16.5. The maximum Gasteiger partial charge on any atom is 0.255 e. The van der Waals surface area contributed by atoms with Gasteiger partial charge < -0.3 is 14.8 Å². The SMILES string of the molecule is CCCOc1ccccc1NC(=O)c1ccc(OCc2ccccc2)cc1. The van der Waals surface area contributed by atoms with Crippen molar-refractivity contribution >= 4 is 11.6 Å². The monoisotopic (exact) mass is 361 g/mol. The summed E-state index contributed by atoms with van der Waals surface area (Å²) in [6.45, 7) is 3.15. The fraction of sp³-hybridized carbons (Fsp3) is 0.174. The second-order valence-electron chi connectivity index (χ2n) is 6.10. The molecule has 27 heavy (non-hydrogen) atoms. The largest absolute Gasteiger partial charge is 0.491 e. The van der Waals surface area contributed by atoms with E-state index in [0.29, 0.717) is 30.2 Å². The zero-order valence-electron chi connectivity index (χ0n) is 15.4. The molecule has 1 amide bonds. The van der Waals surface area contributed by atoms with E-state index in [9.17, 15) is 4.79 Å². The average molecular weight is 361 g/mol. The van der Waals surface area contributed by atoms with Crippen molar-refractivity contribution in [3.63, 3.8) is 0 Å². The highest BCUT2D eigenvalue weighted by Crippen LogP contribution is 2.25. The molecule has 0 spiro atoms. The van der Waals surface area contributed by atoms with Crippen molar-refractivity contribution < 1.29 is 14.3 Å². The van der Waals surface area contributed by atoms with Gasteiger partial charge in [0.1, 0.15) is 18.1 Å². The fourth-order valence-electron chi connectivity index (χ4n) is 2.55. The number of hydrogen-bond donors (Lipinski definition) is 1. The van der Waals surface area contributed by atoms with Crippen LogP contribution < -0.4 is 14.8 Å². The number of carbonyl (C=O) groups is 1. The van der Waals surface area contributed by atoms with Crippen LogP contribution in [0.25, 0.3) is 0 Å². The van der Waals surface area contributed by atoms with Crippen LogP contribution >= 0.6 is 0 Å². The van der Waals surface area contributed by atoms with Gasteiger partial charge in [0.15, 0.2) is 0 Å². The number of ether oxygens (including phenoxy) is 2. The zero-order chi connectivity index (χ0) is 18.9. The number of anilines is 1. The molecule has 0 atom stereocenters. The van der Waals surface area contributed by atoms with E-state index in [1.54, 1.807) is 24.3 Å². The number of benzene rings is 3. The quantitative estimate of drug-likeness (QED) is 0.592. The Kier molecular flexibility index (Phi) is 6.47. The highest BCUT2D eigenvalue weighted by molar-refractivity contribution is 6.05. The molecule has 0 aliphatic rings. The van der Waals surface area contributed by atoms with E-state index in [0.717, 1.165) is 17.7 Å². The summed E-state index contributed by atoms with van der Waals surface area (Å²) in [5, 5.41) is 2.91. The van der Waals surface area contributed by atoms with Gasteiger partial charge in [-0.3, -0.25) is 4.79 Å². The summed E-state index contributed by atoms with van der Waals surface area (Å²) in [4.78, 5) is 12.5. The first kappa shape index (κ1) is 18.5. The zero-order valence-corrected chi connectivity index (χ0v) is 15.4. The molecule has 0 saturated heterocycles. The molecule has 0 saturated carbocycles. The Morgan fingerprint density at radius 2 is 1.56 bits per heavy atom. The maximum atomic E-state index is 12.5. The molecule has 4 nitrogen and oxygen atoms in total. The Morgan fingerprint density at radius 1 is 0.852 bits per heavy atom. The van der Waals surface area contributed by atoms with Crippen LogP contribution in [0.2, 0.25) is 0 Å². The first-order valence-electron chi connectivity index (χ1n) is 9.06. The molecule has 138 valence electrons. The van der Waals surface area contributed by atoms with Crippen LogP contribution in [0, 0.1) is 0 Å². The standard InChI is InChI=1S/C23H23NO3/c1-2-16-26-22-11-7-6-10-21(22)24-23(25)19-12-14-20(15-13-19)27-17-18-8-4-3-5-9-18/h3-15H,2,16-17H2,1H3,(H,24,25). The lowest BCUT2D eigenvalue weighted by Crippen LogP contribution is -2.13. The topological polar surface area (TPSA) is 47.6 Å². The van der Waals surface area contributed by atoms with Gasteiger partial charge >= 0.3 is 0 Å². The van der Waals surface area contributed by atoms with Crippen molar-refractivity contribution in [2.75, 3.05) is 11.9 Å². The van der Waals surface area contributed by atoms with Gasteiger partial charge in [-0.05, 0) is 48.4 Å². The van der Waals surface area contributed by atoms with E-state index in [2.05, 4.69) is 5.32 Å². The number of hydrogen-bond acceptors (Lipinski definition) is 3. The van der Waals surface area contributed by atoms with Gasteiger partial charge in [-0.2, -0.15) is 0 Å². The minimum atomic E-state index is -0.183. The molecule has 0 radical (unpaired) electrons. The van der Waals surface area contributed by atoms with Gasteiger partial charge in [0.25, 0.3) is 5.91 Å². The summed E-state index contributed by atoms with van der Waals surface area (Å²) >= 11 is 0.